The summed E-state index contributed by atoms with van der Waals surface area (Å²) in [6.07, 6.45) is 0.653. The van der Waals surface area contributed by atoms with Crippen molar-refractivity contribution < 1.29 is 9.30 Å². The number of rotatable bonds is 3. The van der Waals surface area contributed by atoms with Crippen molar-refractivity contribution in [1.29, 1.82) is 0 Å². The molecule has 25 heavy (non-hydrogen) atoms. The van der Waals surface area contributed by atoms with Crippen LogP contribution in [0.5, 0.6) is 5.75 Å². The Morgan fingerprint density at radius 2 is 1.32 bits per heavy atom. The van der Waals surface area contributed by atoms with Crippen LogP contribution in [-0.4, -0.2) is 12.3 Å². The summed E-state index contributed by atoms with van der Waals surface area (Å²) in [4.78, 5) is 0. The van der Waals surface area contributed by atoms with Crippen LogP contribution in [-0.2, 0) is 4.57 Å². The molecule has 0 aliphatic carbocycles. The van der Waals surface area contributed by atoms with E-state index in [0.29, 0.717) is 13.0 Å². The van der Waals surface area contributed by atoms with Crippen molar-refractivity contribution in [1.82, 2.24) is 0 Å². The highest BCUT2D eigenvalue weighted by Gasteiger charge is 2.28. The van der Waals surface area contributed by atoms with Crippen LogP contribution in [0.25, 0.3) is 0 Å². The van der Waals surface area contributed by atoms with Crippen molar-refractivity contribution in [2.75, 3.05) is 6.61 Å². The first-order valence-corrected chi connectivity index (χ1v) is 9.96. The maximum absolute atomic E-state index is 14.1. The van der Waals surface area contributed by atoms with E-state index in [-0.39, 0.29) is 0 Å². The van der Waals surface area contributed by atoms with Gasteiger partial charge in [0.05, 0.1) is 12.3 Å². The van der Waals surface area contributed by atoms with Gasteiger partial charge in [0.15, 0.2) is 0 Å². The zero-order valence-corrected chi connectivity index (χ0v) is 14.6. The fourth-order valence-electron chi connectivity index (χ4n) is 3.02. The average Bonchev–Trinajstić information content (AvgIpc) is 2.69. The molecular weight excluding hydrogens is 329 g/mol. The van der Waals surface area contributed by atoms with E-state index >= 15 is 0 Å². The molecule has 0 fully saturated rings. The lowest BCUT2D eigenvalue weighted by molar-refractivity contribution is 0.320. The maximum atomic E-state index is 14.1. The van der Waals surface area contributed by atoms with Gasteiger partial charge >= 0.3 is 0 Å². The maximum Gasteiger partial charge on any atom is 0.247 e. The van der Waals surface area contributed by atoms with Crippen molar-refractivity contribution >= 4 is 23.6 Å². The number of ether oxygens (including phenoxy) is 1. The SMILES string of the molecule is O=P(/N=C1\CCOc2ccccc21)(c1ccccc1)c1ccccc1. The van der Waals surface area contributed by atoms with Crippen LogP contribution in [0.15, 0.2) is 89.7 Å². The summed E-state index contributed by atoms with van der Waals surface area (Å²) < 4.78 is 24.6. The molecule has 0 radical (unpaired) electrons. The lowest BCUT2D eigenvalue weighted by Crippen LogP contribution is -2.20. The monoisotopic (exact) mass is 347 g/mol. The first kappa shape index (κ1) is 15.9. The summed E-state index contributed by atoms with van der Waals surface area (Å²) in [7, 11) is -3.12. The van der Waals surface area contributed by atoms with Crippen molar-refractivity contribution in [3.05, 3.63) is 90.5 Å². The normalized spacial score (nSPS) is 15.4. The van der Waals surface area contributed by atoms with Gasteiger partial charge in [-0.25, -0.2) is 4.76 Å². The van der Waals surface area contributed by atoms with E-state index in [2.05, 4.69) is 0 Å². The molecule has 124 valence electrons. The second-order valence-corrected chi connectivity index (χ2v) is 8.27. The zero-order valence-electron chi connectivity index (χ0n) is 13.7. The van der Waals surface area contributed by atoms with Gasteiger partial charge in [0.25, 0.3) is 0 Å². The Bertz CT molecular complexity index is 908. The topological polar surface area (TPSA) is 38.7 Å². The quantitative estimate of drug-likeness (QED) is 0.667. The third kappa shape index (κ3) is 3.04. The second kappa shape index (κ2) is 6.70. The van der Waals surface area contributed by atoms with Gasteiger partial charge in [0.2, 0.25) is 7.29 Å². The van der Waals surface area contributed by atoms with Crippen LogP contribution in [0.2, 0.25) is 0 Å². The third-order valence-corrected chi connectivity index (χ3v) is 6.79. The Morgan fingerprint density at radius 3 is 1.96 bits per heavy atom. The number of nitrogens with zero attached hydrogens (tertiary/aromatic N) is 1. The lowest BCUT2D eigenvalue weighted by Gasteiger charge is -2.22. The molecule has 4 heteroatoms. The van der Waals surface area contributed by atoms with Gasteiger partial charge in [-0.15, -0.1) is 0 Å². The average molecular weight is 347 g/mol. The van der Waals surface area contributed by atoms with Crippen molar-refractivity contribution in [2.24, 2.45) is 4.76 Å². The van der Waals surface area contributed by atoms with Crippen molar-refractivity contribution in [2.45, 2.75) is 6.42 Å². The van der Waals surface area contributed by atoms with Crippen LogP contribution in [0.1, 0.15) is 12.0 Å². The Labute approximate surface area is 147 Å². The van der Waals surface area contributed by atoms with E-state index in [1.54, 1.807) is 0 Å². The predicted octanol–water partition coefficient (Wildman–Crippen LogP) is 4.19. The molecule has 0 aromatic heterocycles. The number of fused-ring (bicyclic) bond motifs is 1. The number of benzene rings is 3. The molecular formula is C21H18NO2P. The molecule has 0 spiro atoms. The zero-order chi connectivity index (χ0) is 17.1. The Hall–Kier alpha value is -2.64. The summed E-state index contributed by atoms with van der Waals surface area (Å²) >= 11 is 0. The third-order valence-electron chi connectivity index (χ3n) is 4.27. The molecule has 0 atom stereocenters. The predicted molar refractivity (Wildman–Crippen MR) is 103 cm³/mol. The molecule has 1 aliphatic heterocycles. The van der Waals surface area contributed by atoms with Crippen LogP contribution < -0.4 is 15.3 Å². The Morgan fingerprint density at radius 1 is 0.760 bits per heavy atom. The van der Waals surface area contributed by atoms with Gasteiger partial charge in [0.1, 0.15) is 5.75 Å². The summed E-state index contributed by atoms with van der Waals surface area (Å²) in [5, 5.41) is 1.50. The molecule has 1 heterocycles. The Kier molecular flexibility index (Phi) is 4.25. The summed E-state index contributed by atoms with van der Waals surface area (Å²) in [5.41, 5.74) is 1.78. The van der Waals surface area contributed by atoms with Crippen LogP contribution in [0, 0.1) is 0 Å². The van der Waals surface area contributed by atoms with E-state index in [1.807, 2.05) is 84.9 Å². The summed E-state index contributed by atoms with van der Waals surface area (Å²) in [5.74, 6) is 0.806. The van der Waals surface area contributed by atoms with Gasteiger partial charge < -0.3 is 4.74 Å². The molecule has 0 amide bonds. The molecule has 4 rings (SSSR count). The smallest absolute Gasteiger partial charge is 0.247 e. The minimum Gasteiger partial charge on any atom is -0.492 e. The van der Waals surface area contributed by atoms with E-state index in [0.717, 1.165) is 27.6 Å². The Balaban J connectivity index is 1.91. The molecule has 3 aromatic rings. The first-order chi connectivity index (χ1) is 12.3. The summed E-state index contributed by atoms with van der Waals surface area (Å²) in [6.45, 7) is 0.555. The molecule has 0 saturated heterocycles. The standard InChI is InChI=1S/C21H18NO2P/c23-25(17-9-3-1-4-10-17,18-11-5-2-6-12-18)22-20-15-16-24-21-14-8-7-13-19(20)21/h1-14H,15-16H2/b22-20+. The van der Waals surface area contributed by atoms with Gasteiger partial charge in [-0.2, -0.15) is 0 Å². The second-order valence-electron chi connectivity index (χ2n) is 5.89. The molecule has 0 bridgehead atoms. The fraction of sp³-hybridized carbons (Fsp3) is 0.0952. The van der Waals surface area contributed by atoms with E-state index in [9.17, 15) is 4.57 Å². The van der Waals surface area contributed by atoms with Crippen molar-refractivity contribution in [3.63, 3.8) is 0 Å². The molecule has 0 saturated carbocycles. The highest BCUT2D eigenvalue weighted by Crippen LogP contribution is 2.46. The van der Waals surface area contributed by atoms with E-state index < -0.39 is 7.29 Å². The fourth-order valence-corrected chi connectivity index (χ4v) is 5.25. The molecule has 0 unspecified atom stereocenters. The summed E-state index contributed by atoms with van der Waals surface area (Å²) in [6, 6.07) is 26.9. The number of para-hydroxylation sites is 1. The lowest BCUT2D eigenvalue weighted by atomic mass is 10.0. The van der Waals surface area contributed by atoms with Crippen LogP contribution in [0.3, 0.4) is 0 Å². The first-order valence-electron chi connectivity index (χ1n) is 8.30. The minimum absolute atomic E-state index is 0.555. The molecule has 3 nitrogen and oxygen atoms in total. The van der Waals surface area contributed by atoms with Crippen molar-refractivity contribution in [3.8, 4) is 5.75 Å². The van der Waals surface area contributed by atoms with Gasteiger partial charge in [0, 0.05) is 22.6 Å². The molecule has 0 N–H and O–H groups in total. The largest absolute Gasteiger partial charge is 0.492 e. The highest BCUT2D eigenvalue weighted by molar-refractivity contribution is 7.77. The van der Waals surface area contributed by atoms with E-state index in [4.69, 9.17) is 9.50 Å². The minimum atomic E-state index is -3.12. The molecule has 1 aliphatic rings. The molecule has 3 aromatic carbocycles. The van der Waals surface area contributed by atoms with E-state index in [1.165, 1.54) is 0 Å². The van der Waals surface area contributed by atoms with Gasteiger partial charge in [-0.3, -0.25) is 4.57 Å². The number of hydrogen-bond acceptors (Lipinski definition) is 2. The van der Waals surface area contributed by atoms with Gasteiger partial charge in [-0.05, 0) is 36.4 Å². The van der Waals surface area contributed by atoms with Crippen LogP contribution >= 0.6 is 7.29 Å². The number of hydrogen-bond donors (Lipinski definition) is 0. The highest BCUT2D eigenvalue weighted by atomic mass is 31.2. The van der Waals surface area contributed by atoms with Crippen LogP contribution in [0.4, 0.5) is 0 Å². The van der Waals surface area contributed by atoms with Gasteiger partial charge in [-0.1, -0.05) is 48.5 Å².